The van der Waals surface area contributed by atoms with Crippen molar-refractivity contribution in [3.05, 3.63) is 41.5 Å². The number of rotatable bonds is 7. The molecule has 3 rings (SSSR count). The van der Waals surface area contributed by atoms with E-state index in [1.54, 1.807) is 18.2 Å². The first-order valence-electron chi connectivity index (χ1n) is 7.74. The van der Waals surface area contributed by atoms with Gasteiger partial charge in [-0.3, -0.25) is 4.79 Å². The zero-order valence-electron chi connectivity index (χ0n) is 14.6. The summed E-state index contributed by atoms with van der Waals surface area (Å²) in [4.78, 5) is 22.7. The summed E-state index contributed by atoms with van der Waals surface area (Å²) in [6.45, 7) is -0.581. The number of phenols is 2. The van der Waals surface area contributed by atoms with E-state index >= 15 is 0 Å². The molecule has 1 aliphatic rings. The van der Waals surface area contributed by atoms with Crippen molar-refractivity contribution >= 4 is 11.8 Å². The third-order valence-corrected chi connectivity index (χ3v) is 3.78. The maximum atomic E-state index is 12.3. The molecule has 0 radical (unpaired) electrons. The molecule has 0 aliphatic carbocycles. The summed E-state index contributed by atoms with van der Waals surface area (Å²) in [7, 11) is 0. The van der Waals surface area contributed by atoms with Gasteiger partial charge in [-0.1, -0.05) is 6.07 Å². The number of Topliss-reactive ketones (excluding diaryl/α,β-unsaturated/α-hetero) is 1. The van der Waals surface area contributed by atoms with E-state index in [9.17, 15) is 24.9 Å². The van der Waals surface area contributed by atoms with Crippen molar-refractivity contribution in [1.82, 2.24) is 0 Å². The summed E-state index contributed by atoms with van der Waals surface area (Å²) in [5.74, 6) is -1.74. The Labute approximate surface area is 176 Å². The van der Waals surface area contributed by atoms with Gasteiger partial charge in [0, 0.05) is 18.6 Å². The molecule has 0 atom stereocenters. The standard InChI is InChI=1S/C18H16O8.Na/c19-12(3-1-10-2-4-15-16(5-10)26-9-25-15)18-13(20)6-11(7-14(18)21)24-8-17(22)23;/h2,4-7,20-21H,1,3,8-9H2,(H,22,23);/q;+1/p-1. The molecule has 2 N–H and O–H groups in total. The molecule has 1 heterocycles. The van der Waals surface area contributed by atoms with Crippen molar-refractivity contribution in [3.63, 3.8) is 0 Å². The SMILES string of the molecule is O=C([O-])COc1cc(O)c(C(=O)CCc2ccc3c(c2)OCO3)c(O)c1.[Na+]. The van der Waals surface area contributed by atoms with Crippen LogP contribution in [0, 0.1) is 0 Å². The Balaban J connectivity index is 0.00000261. The van der Waals surface area contributed by atoms with E-state index in [1.165, 1.54) is 0 Å². The van der Waals surface area contributed by atoms with Crippen molar-refractivity contribution < 1.29 is 68.7 Å². The van der Waals surface area contributed by atoms with Crippen LogP contribution in [0.1, 0.15) is 22.3 Å². The molecule has 2 aromatic carbocycles. The van der Waals surface area contributed by atoms with Crippen LogP contribution in [0.15, 0.2) is 30.3 Å². The third-order valence-electron chi connectivity index (χ3n) is 3.78. The predicted octanol–water partition coefficient (Wildman–Crippen LogP) is -2.23. The number of hydrogen-bond donors (Lipinski definition) is 2. The van der Waals surface area contributed by atoms with Crippen LogP contribution in [-0.2, 0) is 11.2 Å². The molecule has 1 aliphatic heterocycles. The number of carbonyl (C=O) groups excluding carboxylic acids is 2. The average molecular weight is 382 g/mol. The molecule has 136 valence electrons. The minimum Gasteiger partial charge on any atom is -0.546 e. The maximum Gasteiger partial charge on any atom is 1.00 e. The third kappa shape index (κ3) is 5.06. The van der Waals surface area contributed by atoms with E-state index in [-0.39, 0.29) is 54.1 Å². The van der Waals surface area contributed by atoms with Gasteiger partial charge in [0.2, 0.25) is 6.79 Å². The van der Waals surface area contributed by atoms with Gasteiger partial charge in [-0.15, -0.1) is 0 Å². The summed E-state index contributed by atoms with van der Waals surface area (Å²) in [5.41, 5.74) is 0.599. The Bertz CT molecular complexity index is 841. The molecular formula is C18H15NaO8. The Morgan fingerprint density at radius 2 is 1.74 bits per heavy atom. The normalized spacial score (nSPS) is 11.6. The Morgan fingerprint density at radius 3 is 2.41 bits per heavy atom. The number of aryl methyl sites for hydroxylation is 1. The number of hydrogen-bond acceptors (Lipinski definition) is 8. The van der Waals surface area contributed by atoms with Gasteiger partial charge in [-0.25, -0.2) is 0 Å². The van der Waals surface area contributed by atoms with Crippen LogP contribution in [-0.4, -0.2) is 35.4 Å². The van der Waals surface area contributed by atoms with Crippen molar-refractivity contribution in [3.8, 4) is 28.7 Å². The maximum absolute atomic E-state index is 12.3. The van der Waals surface area contributed by atoms with Crippen LogP contribution >= 0.6 is 0 Å². The summed E-state index contributed by atoms with van der Waals surface area (Å²) in [6.07, 6.45) is 0.414. The van der Waals surface area contributed by atoms with Crippen LogP contribution < -0.4 is 48.9 Å². The zero-order chi connectivity index (χ0) is 18.7. The number of carboxylic acid groups (broad SMARTS) is 1. The fourth-order valence-corrected chi connectivity index (χ4v) is 2.58. The molecule has 0 aromatic heterocycles. The average Bonchev–Trinajstić information content (AvgIpc) is 3.05. The molecule has 8 nitrogen and oxygen atoms in total. The molecule has 0 saturated carbocycles. The number of ketones is 1. The number of ether oxygens (including phenoxy) is 3. The van der Waals surface area contributed by atoms with Crippen molar-refractivity contribution in [2.45, 2.75) is 12.8 Å². The molecule has 0 fully saturated rings. The van der Waals surface area contributed by atoms with Gasteiger partial charge < -0.3 is 34.3 Å². The molecule has 0 spiro atoms. The Hall–Kier alpha value is -2.42. The van der Waals surface area contributed by atoms with Crippen LogP contribution in [0.5, 0.6) is 28.7 Å². The van der Waals surface area contributed by atoms with Crippen molar-refractivity contribution in [2.24, 2.45) is 0 Å². The Kier molecular flexibility index (Phi) is 6.95. The van der Waals surface area contributed by atoms with Crippen molar-refractivity contribution in [2.75, 3.05) is 13.4 Å². The van der Waals surface area contributed by atoms with E-state index in [2.05, 4.69) is 0 Å². The molecule has 9 heteroatoms. The minimum atomic E-state index is -1.45. The van der Waals surface area contributed by atoms with Crippen LogP contribution in [0.25, 0.3) is 0 Å². The number of carboxylic acids is 1. The number of aliphatic carboxylic acids is 1. The quantitative estimate of drug-likeness (QED) is 0.407. The van der Waals surface area contributed by atoms with E-state index < -0.39 is 29.9 Å². The smallest absolute Gasteiger partial charge is 0.546 e. The van der Waals surface area contributed by atoms with E-state index in [0.29, 0.717) is 17.9 Å². The summed E-state index contributed by atoms with van der Waals surface area (Å²) < 4.78 is 15.3. The first kappa shape index (κ1) is 20.9. The zero-order valence-corrected chi connectivity index (χ0v) is 16.6. The first-order chi connectivity index (χ1) is 12.4. The molecule has 0 bridgehead atoms. The van der Waals surface area contributed by atoms with Gasteiger partial charge in [0.05, 0.1) is 5.97 Å². The fraction of sp³-hybridized carbons (Fsp3) is 0.222. The van der Waals surface area contributed by atoms with Gasteiger partial charge in [-0.2, -0.15) is 0 Å². The summed E-state index contributed by atoms with van der Waals surface area (Å²) in [6, 6.07) is 7.46. The van der Waals surface area contributed by atoms with E-state index in [4.69, 9.17) is 14.2 Å². The van der Waals surface area contributed by atoms with Crippen LogP contribution in [0.4, 0.5) is 0 Å². The predicted molar refractivity (Wildman–Crippen MR) is 85.5 cm³/mol. The second-order valence-corrected chi connectivity index (χ2v) is 5.61. The van der Waals surface area contributed by atoms with Gasteiger partial charge in [0.15, 0.2) is 17.3 Å². The minimum absolute atomic E-state index is 0. The molecule has 0 amide bonds. The second-order valence-electron chi connectivity index (χ2n) is 5.61. The van der Waals surface area contributed by atoms with Gasteiger partial charge in [0.25, 0.3) is 0 Å². The number of phenolic OH excluding ortho intramolecular Hbond substituents is 2. The van der Waals surface area contributed by atoms with Crippen LogP contribution in [0.2, 0.25) is 0 Å². The monoisotopic (exact) mass is 382 g/mol. The summed E-state index contributed by atoms with van der Waals surface area (Å²) >= 11 is 0. The molecule has 27 heavy (non-hydrogen) atoms. The largest absolute Gasteiger partial charge is 1.00 e. The van der Waals surface area contributed by atoms with Crippen LogP contribution in [0.3, 0.4) is 0 Å². The Morgan fingerprint density at radius 1 is 1.07 bits per heavy atom. The van der Waals surface area contributed by atoms with Gasteiger partial charge in [-0.05, 0) is 24.1 Å². The van der Waals surface area contributed by atoms with Gasteiger partial charge in [0.1, 0.15) is 29.4 Å². The molecular weight excluding hydrogens is 367 g/mol. The van der Waals surface area contributed by atoms with Gasteiger partial charge >= 0.3 is 29.6 Å². The topological polar surface area (TPSA) is 125 Å². The number of fused-ring (bicyclic) bond motifs is 1. The molecule has 0 unspecified atom stereocenters. The first-order valence-corrected chi connectivity index (χ1v) is 7.74. The second kappa shape index (κ2) is 8.98. The van der Waals surface area contributed by atoms with E-state index in [0.717, 1.165) is 17.7 Å². The van der Waals surface area contributed by atoms with Crippen molar-refractivity contribution in [1.29, 1.82) is 0 Å². The number of carbonyl (C=O) groups is 2. The molecule has 0 saturated heterocycles. The molecule has 2 aromatic rings. The summed E-state index contributed by atoms with van der Waals surface area (Å²) in [5, 5.41) is 30.3. The fourth-order valence-electron chi connectivity index (χ4n) is 2.58. The number of benzene rings is 2. The number of aromatic hydroxyl groups is 2. The van der Waals surface area contributed by atoms with E-state index in [1.807, 2.05) is 0 Å².